The van der Waals surface area contributed by atoms with E-state index in [0.29, 0.717) is 5.15 Å². The Kier molecular flexibility index (Phi) is 2.86. The number of fused-ring (bicyclic) bond motifs is 3. The monoisotopic (exact) mass is 275 g/mol. The van der Waals surface area contributed by atoms with E-state index in [2.05, 4.69) is 0 Å². The van der Waals surface area contributed by atoms with Crippen molar-refractivity contribution in [2.75, 3.05) is 7.11 Å². The molecule has 0 atom stereocenters. The van der Waals surface area contributed by atoms with Crippen LogP contribution in [0.15, 0.2) is 29.1 Å². The van der Waals surface area contributed by atoms with Crippen molar-refractivity contribution in [1.82, 2.24) is 4.57 Å². The van der Waals surface area contributed by atoms with E-state index in [1.165, 1.54) is 11.6 Å². The third-order valence-electron chi connectivity index (χ3n) is 3.68. The first-order chi connectivity index (χ1) is 9.11. The molecular formula is C15H14ClNO2. The molecule has 1 aliphatic rings. The molecule has 0 aliphatic carbocycles. The summed E-state index contributed by atoms with van der Waals surface area (Å²) in [5, 5.41) is 0.507. The van der Waals surface area contributed by atoms with Gasteiger partial charge in [0.25, 0.3) is 0 Å². The van der Waals surface area contributed by atoms with E-state index in [1.807, 2.05) is 29.7 Å². The van der Waals surface area contributed by atoms with Crippen molar-refractivity contribution in [3.63, 3.8) is 0 Å². The van der Waals surface area contributed by atoms with Gasteiger partial charge in [0.2, 0.25) is 0 Å². The van der Waals surface area contributed by atoms with Crippen LogP contribution in [-0.4, -0.2) is 11.7 Å². The Balaban J connectivity index is 2.32. The number of hydrogen-bond donors (Lipinski definition) is 0. The highest BCUT2D eigenvalue weighted by molar-refractivity contribution is 6.29. The van der Waals surface area contributed by atoms with Gasteiger partial charge < -0.3 is 9.30 Å². The third-order valence-corrected chi connectivity index (χ3v) is 3.99. The molecule has 0 saturated carbocycles. The van der Waals surface area contributed by atoms with Crippen molar-refractivity contribution in [3.05, 3.63) is 50.8 Å². The molecule has 19 heavy (non-hydrogen) atoms. The maximum Gasteiger partial charge on any atom is 0.186 e. The lowest BCUT2D eigenvalue weighted by molar-refractivity contribution is 0.414. The number of nitrogens with zero attached hydrogens (tertiary/aromatic N) is 1. The van der Waals surface area contributed by atoms with Crippen LogP contribution in [0.1, 0.15) is 11.1 Å². The summed E-state index contributed by atoms with van der Waals surface area (Å²) in [4.78, 5) is 11.9. The van der Waals surface area contributed by atoms with Crippen LogP contribution in [0.4, 0.5) is 0 Å². The van der Waals surface area contributed by atoms with Crippen molar-refractivity contribution >= 4 is 11.6 Å². The quantitative estimate of drug-likeness (QED) is 0.749. The summed E-state index contributed by atoms with van der Waals surface area (Å²) in [6, 6.07) is 7.44. The number of ether oxygens (including phenoxy) is 1. The minimum atomic E-state index is -0.0140. The fourth-order valence-electron chi connectivity index (χ4n) is 2.65. The minimum absolute atomic E-state index is 0.0140. The van der Waals surface area contributed by atoms with Crippen LogP contribution in [0.25, 0.3) is 11.3 Å². The molecule has 0 bridgehead atoms. The SMILES string of the molecule is COc1ccc2c(c1)CCn1c(Cl)cc(=O)c(C)c1-2. The Labute approximate surface area is 116 Å². The molecule has 3 nitrogen and oxygen atoms in total. The lowest BCUT2D eigenvalue weighted by atomic mass is 9.94. The van der Waals surface area contributed by atoms with Crippen molar-refractivity contribution < 1.29 is 4.74 Å². The second-order valence-corrected chi connectivity index (χ2v) is 5.12. The summed E-state index contributed by atoms with van der Waals surface area (Å²) in [7, 11) is 1.66. The lowest BCUT2D eigenvalue weighted by Gasteiger charge is -2.25. The molecular weight excluding hydrogens is 262 g/mol. The van der Waals surface area contributed by atoms with Gasteiger partial charge >= 0.3 is 0 Å². The van der Waals surface area contributed by atoms with E-state index in [0.717, 1.165) is 35.5 Å². The standard InChI is InChI=1S/C15H14ClNO2/c1-9-13(18)8-14(16)17-6-5-10-7-11(19-2)3-4-12(10)15(9)17/h3-4,7-8H,5-6H2,1-2H3. The average Bonchev–Trinajstić information content (AvgIpc) is 2.43. The minimum Gasteiger partial charge on any atom is -0.497 e. The zero-order valence-electron chi connectivity index (χ0n) is 10.9. The maximum absolute atomic E-state index is 11.9. The Morgan fingerprint density at radius 3 is 2.84 bits per heavy atom. The molecule has 0 N–H and O–H groups in total. The Morgan fingerprint density at radius 1 is 1.32 bits per heavy atom. The van der Waals surface area contributed by atoms with E-state index >= 15 is 0 Å². The van der Waals surface area contributed by atoms with E-state index in [1.54, 1.807) is 7.11 Å². The molecule has 1 aromatic heterocycles. The molecule has 3 rings (SSSR count). The summed E-state index contributed by atoms with van der Waals surface area (Å²) in [5.41, 5.74) is 3.94. The number of pyridine rings is 1. The Bertz CT molecular complexity index is 719. The first kappa shape index (κ1) is 12.3. The fraction of sp³-hybridized carbons (Fsp3) is 0.267. The number of methoxy groups -OCH3 is 1. The summed E-state index contributed by atoms with van der Waals surface area (Å²) in [5.74, 6) is 0.842. The van der Waals surface area contributed by atoms with Crippen molar-refractivity contribution in [2.24, 2.45) is 0 Å². The Morgan fingerprint density at radius 2 is 2.11 bits per heavy atom. The molecule has 2 heterocycles. The molecule has 0 spiro atoms. The molecule has 0 saturated heterocycles. The van der Waals surface area contributed by atoms with Crippen LogP contribution >= 0.6 is 11.6 Å². The summed E-state index contributed by atoms with van der Waals surface area (Å²) >= 11 is 6.18. The highest BCUT2D eigenvalue weighted by Gasteiger charge is 2.20. The molecule has 0 fully saturated rings. The average molecular weight is 276 g/mol. The first-order valence-corrected chi connectivity index (χ1v) is 6.57. The molecule has 2 aromatic rings. The number of hydrogen-bond acceptors (Lipinski definition) is 2. The number of rotatable bonds is 1. The van der Waals surface area contributed by atoms with Gasteiger partial charge in [-0.25, -0.2) is 0 Å². The number of benzene rings is 1. The van der Waals surface area contributed by atoms with Crippen LogP contribution in [0.5, 0.6) is 5.75 Å². The van der Waals surface area contributed by atoms with E-state index in [4.69, 9.17) is 16.3 Å². The van der Waals surface area contributed by atoms with E-state index in [-0.39, 0.29) is 5.43 Å². The van der Waals surface area contributed by atoms with Crippen LogP contribution in [-0.2, 0) is 13.0 Å². The van der Waals surface area contributed by atoms with Gasteiger partial charge in [-0.3, -0.25) is 4.79 Å². The fourth-order valence-corrected chi connectivity index (χ4v) is 2.92. The molecule has 0 amide bonds. The Hall–Kier alpha value is -1.74. The number of halogens is 1. The number of aromatic nitrogens is 1. The van der Waals surface area contributed by atoms with Crippen LogP contribution in [0.2, 0.25) is 5.15 Å². The predicted molar refractivity (Wildman–Crippen MR) is 76.1 cm³/mol. The van der Waals surface area contributed by atoms with Crippen molar-refractivity contribution in [3.8, 4) is 17.0 Å². The molecule has 1 aromatic carbocycles. The van der Waals surface area contributed by atoms with Crippen molar-refractivity contribution in [1.29, 1.82) is 0 Å². The van der Waals surface area contributed by atoms with E-state index in [9.17, 15) is 4.79 Å². The van der Waals surface area contributed by atoms with Gasteiger partial charge in [-0.05, 0) is 37.1 Å². The normalized spacial score (nSPS) is 12.8. The van der Waals surface area contributed by atoms with Gasteiger partial charge in [0.05, 0.1) is 12.8 Å². The van der Waals surface area contributed by atoms with Gasteiger partial charge in [0.15, 0.2) is 5.43 Å². The second-order valence-electron chi connectivity index (χ2n) is 4.73. The zero-order chi connectivity index (χ0) is 13.6. The predicted octanol–water partition coefficient (Wildman–Crippen LogP) is 3.04. The summed E-state index contributed by atoms with van der Waals surface area (Å²) in [6.07, 6.45) is 0.890. The van der Waals surface area contributed by atoms with Gasteiger partial charge in [0, 0.05) is 23.7 Å². The molecule has 98 valence electrons. The lowest BCUT2D eigenvalue weighted by Crippen LogP contribution is -2.20. The zero-order valence-corrected chi connectivity index (χ0v) is 11.6. The van der Waals surface area contributed by atoms with Gasteiger partial charge in [-0.15, -0.1) is 0 Å². The molecule has 0 radical (unpaired) electrons. The largest absolute Gasteiger partial charge is 0.497 e. The van der Waals surface area contributed by atoms with Crippen LogP contribution in [0, 0.1) is 6.92 Å². The molecule has 4 heteroatoms. The third kappa shape index (κ3) is 1.85. The smallest absolute Gasteiger partial charge is 0.186 e. The van der Waals surface area contributed by atoms with Crippen LogP contribution in [0.3, 0.4) is 0 Å². The second kappa shape index (κ2) is 4.42. The first-order valence-electron chi connectivity index (χ1n) is 6.19. The van der Waals surface area contributed by atoms with E-state index < -0.39 is 0 Å². The van der Waals surface area contributed by atoms with Crippen LogP contribution < -0.4 is 10.2 Å². The van der Waals surface area contributed by atoms with Gasteiger partial charge in [0.1, 0.15) is 10.9 Å². The van der Waals surface area contributed by atoms with Gasteiger partial charge in [-0.2, -0.15) is 0 Å². The maximum atomic E-state index is 11.9. The summed E-state index contributed by atoms with van der Waals surface area (Å²) < 4.78 is 7.26. The molecule has 1 aliphatic heterocycles. The molecule has 0 unspecified atom stereocenters. The summed E-state index contributed by atoms with van der Waals surface area (Å²) in [6.45, 7) is 2.64. The topological polar surface area (TPSA) is 31.2 Å². The van der Waals surface area contributed by atoms with Crippen molar-refractivity contribution in [2.45, 2.75) is 19.9 Å². The number of aryl methyl sites for hydroxylation is 1. The highest BCUT2D eigenvalue weighted by atomic mass is 35.5. The van der Waals surface area contributed by atoms with Gasteiger partial charge in [-0.1, -0.05) is 11.6 Å². The highest BCUT2D eigenvalue weighted by Crippen LogP contribution is 2.34.